The molecule has 1 heterocycles. The normalized spacial score (nSPS) is 13.3. The zero-order chi connectivity index (χ0) is 15.6. The lowest BCUT2D eigenvalue weighted by Gasteiger charge is -2.14. The second-order valence-corrected chi connectivity index (χ2v) is 7.04. The fourth-order valence-corrected chi connectivity index (χ4v) is 4.28. The number of aryl methyl sites for hydroxylation is 1. The van der Waals surface area contributed by atoms with Gasteiger partial charge >= 0.3 is 0 Å². The average Bonchev–Trinajstić information content (AvgIpc) is 2.71. The molecule has 6 nitrogen and oxygen atoms in total. The van der Waals surface area contributed by atoms with E-state index in [0.717, 1.165) is 5.56 Å². The second kappa shape index (κ2) is 6.20. The molecule has 1 aromatic heterocycles. The zero-order valence-corrected chi connectivity index (χ0v) is 13.8. The number of halogens is 2. The fraction of sp³-hybridized carbons (Fsp3) is 0.333. The Balaban J connectivity index is 2.11. The molecule has 0 saturated heterocycles. The largest absolute Gasteiger partial charge is 0.260 e. The third-order valence-corrected chi connectivity index (χ3v) is 5.28. The first kappa shape index (κ1) is 16.1. The first-order valence-electron chi connectivity index (χ1n) is 6.11. The molecule has 0 spiro atoms. The van der Waals surface area contributed by atoms with E-state index in [4.69, 9.17) is 0 Å². The molecular weight excluding hydrogens is 363 g/mol. The van der Waals surface area contributed by atoms with E-state index < -0.39 is 10.0 Å². The molecule has 0 aliphatic carbocycles. The fourth-order valence-electron chi connectivity index (χ4n) is 1.94. The molecule has 0 bridgehead atoms. The van der Waals surface area contributed by atoms with E-state index in [1.54, 1.807) is 19.1 Å². The molecular formula is C12H14BrFN4O2S. The Morgan fingerprint density at radius 3 is 2.52 bits per heavy atom. The van der Waals surface area contributed by atoms with Crippen LogP contribution >= 0.6 is 15.9 Å². The Kier molecular flexibility index (Phi) is 4.74. The molecule has 1 atom stereocenters. The first-order valence-corrected chi connectivity index (χ1v) is 8.39. The SMILES string of the molecule is CC(Cc1ccc(F)cc1)NS(=O)(=O)c1c(Br)nnn1C. The molecule has 2 rings (SSSR count). The van der Waals surface area contributed by atoms with Crippen molar-refractivity contribution >= 4 is 26.0 Å². The van der Waals surface area contributed by atoms with E-state index >= 15 is 0 Å². The maximum absolute atomic E-state index is 12.8. The topological polar surface area (TPSA) is 76.9 Å². The quantitative estimate of drug-likeness (QED) is 0.859. The van der Waals surface area contributed by atoms with Crippen LogP contribution in [0.25, 0.3) is 0 Å². The summed E-state index contributed by atoms with van der Waals surface area (Å²) in [4.78, 5) is 0. The third kappa shape index (κ3) is 3.86. The summed E-state index contributed by atoms with van der Waals surface area (Å²) in [5.41, 5.74) is 0.841. The summed E-state index contributed by atoms with van der Waals surface area (Å²) in [5, 5.41) is 7.26. The molecule has 0 saturated carbocycles. The van der Waals surface area contributed by atoms with Crippen LogP contribution in [0, 0.1) is 5.82 Å². The van der Waals surface area contributed by atoms with Gasteiger partial charge in [-0.2, -0.15) is 0 Å². The Labute approximate surface area is 130 Å². The minimum Gasteiger partial charge on any atom is -0.235 e. The van der Waals surface area contributed by atoms with Gasteiger partial charge in [-0.3, -0.25) is 0 Å². The van der Waals surface area contributed by atoms with E-state index in [0.29, 0.717) is 6.42 Å². The standard InChI is InChI=1S/C12H14BrFN4O2S/c1-8(7-9-3-5-10(14)6-4-9)16-21(19,20)12-11(13)15-17-18(12)2/h3-6,8,16H,7H2,1-2H3. The van der Waals surface area contributed by atoms with Crippen LogP contribution in [0.3, 0.4) is 0 Å². The van der Waals surface area contributed by atoms with Crippen molar-refractivity contribution in [3.63, 3.8) is 0 Å². The van der Waals surface area contributed by atoms with Crippen molar-refractivity contribution in [2.75, 3.05) is 0 Å². The van der Waals surface area contributed by atoms with Crippen LogP contribution in [0.15, 0.2) is 33.9 Å². The van der Waals surface area contributed by atoms with Gasteiger partial charge in [0.25, 0.3) is 10.0 Å². The molecule has 1 unspecified atom stereocenters. The van der Waals surface area contributed by atoms with Gasteiger partial charge in [-0.25, -0.2) is 22.2 Å². The van der Waals surface area contributed by atoms with Crippen LogP contribution in [0.4, 0.5) is 4.39 Å². The molecule has 2 aromatic rings. The Hall–Kier alpha value is -1.32. The number of rotatable bonds is 5. The number of aromatic nitrogens is 3. The van der Waals surface area contributed by atoms with Crippen molar-refractivity contribution < 1.29 is 12.8 Å². The summed E-state index contributed by atoms with van der Waals surface area (Å²) in [6.07, 6.45) is 0.447. The van der Waals surface area contributed by atoms with Crippen LogP contribution in [0.1, 0.15) is 12.5 Å². The summed E-state index contributed by atoms with van der Waals surface area (Å²) in [6, 6.07) is 5.59. The predicted octanol–water partition coefficient (Wildman–Crippen LogP) is 1.63. The molecule has 0 aliphatic rings. The van der Waals surface area contributed by atoms with Crippen LogP contribution in [-0.2, 0) is 23.5 Å². The van der Waals surface area contributed by atoms with E-state index in [2.05, 4.69) is 31.0 Å². The molecule has 9 heteroatoms. The van der Waals surface area contributed by atoms with Gasteiger partial charge in [-0.1, -0.05) is 17.3 Å². The van der Waals surface area contributed by atoms with Gasteiger partial charge in [-0.05, 0) is 47.0 Å². The number of nitrogens with one attached hydrogen (secondary N) is 1. The summed E-state index contributed by atoms with van der Waals surface area (Å²) >= 11 is 3.06. The van der Waals surface area contributed by atoms with Crippen LogP contribution in [-0.4, -0.2) is 29.5 Å². The maximum atomic E-state index is 12.8. The van der Waals surface area contributed by atoms with Crippen LogP contribution in [0.2, 0.25) is 0 Å². The second-order valence-electron chi connectivity index (χ2n) is 4.66. The monoisotopic (exact) mass is 376 g/mol. The highest BCUT2D eigenvalue weighted by Crippen LogP contribution is 2.18. The van der Waals surface area contributed by atoms with Gasteiger partial charge in [0.1, 0.15) is 5.82 Å². The molecule has 0 fully saturated rings. The highest BCUT2D eigenvalue weighted by molar-refractivity contribution is 9.10. The molecule has 114 valence electrons. The molecule has 21 heavy (non-hydrogen) atoms. The van der Waals surface area contributed by atoms with Crippen molar-refractivity contribution in [1.82, 2.24) is 19.7 Å². The Morgan fingerprint density at radius 1 is 1.38 bits per heavy atom. The van der Waals surface area contributed by atoms with Gasteiger partial charge in [-0.15, -0.1) is 5.10 Å². The lowest BCUT2D eigenvalue weighted by molar-refractivity contribution is 0.542. The van der Waals surface area contributed by atoms with Crippen LogP contribution < -0.4 is 4.72 Å². The van der Waals surface area contributed by atoms with Crippen molar-refractivity contribution in [2.45, 2.75) is 24.4 Å². The summed E-state index contributed by atoms with van der Waals surface area (Å²) in [5.74, 6) is -0.322. The van der Waals surface area contributed by atoms with E-state index in [-0.39, 0.29) is 21.5 Å². The third-order valence-electron chi connectivity index (χ3n) is 2.80. The summed E-state index contributed by atoms with van der Waals surface area (Å²) in [6.45, 7) is 1.73. The minimum atomic E-state index is -3.74. The highest BCUT2D eigenvalue weighted by atomic mass is 79.9. The van der Waals surface area contributed by atoms with Gasteiger partial charge < -0.3 is 0 Å². The predicted molar refractivity (Wildman–Crippen MR) is 78.6 cm³/mol. The molecule has 1 aromatic carbocycles. The Morgan fingerprint density at radius 2 is 2.00 bits per heavy atom. The van der Waals surface area contributed by atoms with E-state index in [1.165, 1.54) is 23.9 Å². The minimum absolute atomic E-state index is 0.0338. The van der Waals surface area contributed by atoms with Crippen molar-refractivity contribution in [2.24, 2.45) is 7.05 Å². The number of hydrogen-bond donors (Lipinski definition) is 1. The van der Waals surface area contributed by atoms with E-state index in [9.17, 15) is 12.8 Å². The van der Waals surface area contributed by atoms with Gasteiger partial charge in [0.2, 0.25) is 5.03 Å². The van der Waals surface area contributed by atoms with Gasteiger partial charge in [0.15, 0.2) is 4.60 Å². The van der Waals surface area contributed by atoms with E-state index in [1.807, 2.05) is 0 Å². The first-order chi connectivity index (χ1) is 9.79. The number of sulfonamides is 1. The highest BCUT2D eigenvalue weighted by Gasteiger charge is 2.25. The Bertz CT molecular complexity index is 711. The number of hydrogen-bond acceptors (Lipinski definition) is 4. The molecule has 1 N–H and O–H groups in total. The van der Waals surface area contributed by atoms with Crippen molar-refractivity contribution in [3.8, 4) is 0 Å². The molecule has 0 aliphatic heterocycles. The molecule has 0 amide bonds. The smallest absolute Gasteiger partial charge is 0.235 e. The number of nitrogens with zero attached hydrogens (tertiary/aromatic N) is 3. The summed E-state index contributed by atoms with van der Waals surface area (Å²) < 4.78 is 41.3. The van der Waals surface area contributed by atoms with Crippen molar-refractivity contribution in [3.05, 3.63) is 40.2 Å². The zero-order valence-electron chi connectivity index (χ0n) is 11.4. The lowest BCUT2D eigenvalue weighted by Crippen LogP contribution is -2.35. The number of benzene rings is 1. The summed E-state index contributed by atoms with van der Waals surface area (Å²) in [7, 11) is -2.24. The van der Waals surface area contributed by atoms with Crippen molar-refractivity contribution in [1.29, 1.82) is 0 Å². The lowest BCUT2D eigenvalue weighted by atomic mass is 10.1. The maximum Gasteiger partial charge on any atom is 0.260 e. The van der Waals surface area contributed by atoms with Gasteiger partial charge in [0, 0.05) is 13.1 Å². The van der Waals surface area contributed by atoms with Crippen LogP contribution in [0.5, 0.6) is 0 Å². The van der Waals surface area contributed by atoms with Gasteiger partial charge in [0.05, 0.1) is 0 Å². The molecule has 0 radical (unpaired) electrons. The average molecular weight is 377 g/mol.